The zero-order valence-corrected chi connectivity index (χ0v) is 16.7. The lowest BCUT2D eigenvalue weighted by Gasteiger charge is -2.09. The van der Waals surface area contributed by atoms with Crippen molar-refractivity contribution in [3.8, 4) is 11.5 Å². The van der Waals surface area contributed by atoms with Gasteiger partial charge >= 0.3 is 0 Å². The molecule has 0 bridgehead atoms. The maximum absolute atomic E-state index is 12.2. The van der Waals surface area contributed by atoms with Gasteiger partial charge in [-0.25, -0.2) is 5.43 Å². The van der Waals surface area contributed by atoms with Crippen LogP contribution in [0, 0.1) is 13.8 Å². The molecular weight excluding hydrogens is 374 g/mol. The summed E-state index contributed by atoms with van der Waals surface area (Å²) in [6, 6.07) is 13.1. The number of amides is 1. The van der Waals surface area contributed by atoms with E-state index in [0.29, 0.717) is 11.3 Å². The first-order valence-electron chi connectivity index (χ1n) is 8.67. The van der Waals surface area contributed by atoms with E-state index in [4.69, 9.17) is 4.74 Å². The third kappa shape index (κ3) is 4.43. The molecule has 0 aliphatic rings. The first-order valence-corrected chi connectivity index (χ1v) is 9.66. The van der Waals surface area contributed by atoms with Crippen LogP contribution < -0.4 is 10.2 Å². The highest BCUT2D eigenvalue weighted by atomic mass is 32.2. The van der Waals surface area contributed by atoms with Gasteiger partial charge in [0, 0.05) is 21.5 Å². The number of phenolic OH excluding ortho intramolecular Hbond substituents is 1. The number of aromatic nitrogens is 1. The van der Waals surface area contributed by atoms with Gasteiger partial charge in [0.25, 0.3) is 0 Å². The van der Waals surface area contributed by atoms with Gasteiger partial charge in [-0.3, -0.25) is 9.78 Å². The molecule has 3 rings (SSSR count). The minimum atomic E-state index is -0.237. The van der Waals surface area contributed by atoms with Crippen molar-refractivity contribution in [2.75, 3.05) is 12.9 Å². The van der Waals surface area contributed by atoms with Crippen molar-refractivity contribution in [1.29, 1.82) is 0 Å². The zero-order valence-electron chi connectivity index (χ0n) is 15.9. The standard InChI is InChI=1S/C21H21N3O3S/c1-13-6-4-8-16-18(10-14(2)23-20(13)16)28-12-19(25)24-22-11-15-7-5-9-17(27-3)21(15)26/h4-11,26H,12H2,1-3H3,(H,24,25)/b22-11+. The lowest BCUT2D eigenvalue weighted by atomic mass is 10.1. The van der Waals surface area contributed by atoms with E-state index in [1.54, 1.807) is 18.2 Å². The van der Waals surface area contributed by atoms with Crippen LogP contribution in [0.5, 0.6) is 11.5 Å². The lowest BCUT2D eigenvalue weighted by Crippen LogP contribution is -2.19. The second-order valence-corrected chi connectivity index (χ2v) is 7.23. The Bertz CT molecular complexity index is 1050. The third-order valence-electron chi connectivity index (χ3n) is 4.13. The molecule has 0 fully saturated rings. The number of benzene rings is 2. The fourth-order valence-corrected chi connectivity index (χ4v) is 3.68. The average molecular weight is 395 g/mol. The largest absolute Gasteiger partial charge is 0.504 e. The number of nitrogens with one attached hydrogen (secondary N) is 1. The number of hydrazone groups is 1. The fourth-order valence-electron chi connectivity index (χ4n) is 2.76. The number of rotatable bonds is 6. The first-order chi connectivity index (χ1) is 13.5. The van der Waals surface area contributed by atoms with Gasteiger partial charge in [0.1, 0.15) is 0 Å². The number of nitrogens with zero attached hydrogens (tertiary/aromatic N) is 2. The lowest BCUT2D eigenvalue weighted by molar-refractivity contribution is -0.118. The van der Waals surface area contributed by atoms with E-state index in [1.807, 2.05) is 38.1 Å². The van der Waals surface area contributed by atoms with E-state index >= 15 is 0 Å². The summed E-state index contributed by atoms with van der Waals surface area (Å²) >= 11 is 1.44. The summed E-state index contributed by atoms with van der Waals surface area (Å²) in [5, 5.41) is 15.0. The predicted octanol–water partition coefficient (Wildman–Crippen LogP) is 3.81. The molecular formula is C21H21N3O3S. The average Bonchev–Trinajstić information content (AvgIpc) is 2.68. The zero-order chi connectivity index (χ0) is 20.1. The molecule has 0 unspecified atom stereocenters. The highest BCUT2D eigenvalue weighted by Crippen LogP contribution is 2.29. The number of hydrogen-bond donors (Lipinski definition) is 2. The van der Waals surface area contributed by atoms with Gasteiger partial charge in [-0.2, -0.15) is 5.10 Å². The van der Waals surface area contributed by atoms with E-state index in [9.17, 15) is 9.90 Å². The Morgan fingerprint density at radius 2 is 2.07 bits per heavy atom. The van der Waals surface area contributed by atoms with Crippen LogP contribution >= 0.6 is 11.8 Å². The van der Waals surface area contributed by atoms with Gasteiger partial charge in [0.2, 0.25) is 5.91 Å². The van der Waals surface area contributed by atoms with Crippen molar-refractivity contribution in [1.82, 2.24) is 10.4 Å². The molecule has 2 aromatic carbocycles. The van der Waals surface area contributed by atoms with Crippen molar-refractivity contribution in [3.63, 3.8) is 0 Å². The number of aryl methyl sites for hydroxylation is 2. The summed E-state index contributed by atoms with van der Waals surface area (Å²) in [5.41, 5.74) is 5.91. The number of methoxy groups -OCH3 is 1. The van der Waals surface area contributed by atoms with Crippen LogP contribution in [0.15, 0.2) is 52.5 Å². The maximum Gasteiger partial charge on any atom is 0.250 e. The molecule has 1 amide bonds. The van der Waals surface area contributed by atoms with E-state index in [2.05, 4.69) is 15.5 Å². The molecule has 0 atom stereocenters. The number of thioether (sulfide) groups is 1. The Labute approximate surface area is 167 Å². The summed E-state index contributed by atoms with van der Waals surface area (Å²) in [4.78, 5) is 17.8. The highest BCUT2D eigenvalue weighted by molar-refractivity contribution is 8.00. The summed E-state index contributed by atoms with van der Waals surface area (Å²) < 4.78 is 5.05. The number of para-hydroxylation sites is 2. The molecule has 0 spiro atoms. The SMILES string of the molecule is COc1cccc(/C=N/NC(=O)CSc2cc(C)nc3c(C)cccc23)c1O. The quantitative estimate of drug-likeness (QED) is 0.377. The maximum atomic E-state index is 12.2. The van der Waals surface area contributed by atoms with Crippen LogP contribution in [0.2, 0.25) is 0 Å². The Balaban J connectivity index is 1.65. The summed E-state index contributed by atoms with van der Waals surface area (Å²) in [6.45, 7) is 3.97. The summed E-state index contributed by atoms with van der Waals surface area (Å²) in [6.07, 6.45) is 1.38. The van der Waals surface area contributed by atoms with E-state index < -0.39 is 0 Å². The Morgan fingerprint density at radius 1 is 1.29 bits per heavy atom. The van der Waals surface area contributed by atoms with E-state index in [0.717, 1.165) is 27.1 Å². The minimum absolute atomic E-state index is 0.0218. The minimum Gasteiger partial charge on any atom is -0.504 e. The molecule has 1 aromatic heterocycles. The van der Waals surface area contributed by atoms with Crippen molar-refractivity contribution < 1.29 is 14.6 Å². The molecule has 0 saturated heterocycles. The molecule has 28 heavy (non-hydrogen) atoms. The molecule has 0 aliphatic heterocycles. The number of fused-ring (bicyclic) bond motifs is 1. The van der Waals surface area contributed by atoms with Crippen LogP contribution in [0.3, 0.4) is 0 Å². The van der Waals surface area contributed by atoms with Crippen molar-refractivity contribution in [3.05, 3.63) is 59.3 Å². The molecule has 1 heterocycles. The molecule has 2 N–H and O–H groups in total. The molecule has 3 aromatic rings. The van der Waals surface area contributed by atoms with Crippen LogP contribution in [0.1, 0.15) is 16.8 Å². The highest BCUT2D eigenvalue weighted by Gasteiger charge is 2.09. The van der Waals surface area contributed by atoms with Gasteiger partial charge in [-0.15, -0.1) is 11.8 Å². The second kappa shape index (κ2) is 8.75. The Kier molecular flexibility index (Phi) is 6.16. The van der Waals surface area contributed by atoms with Gasteiger partial charge in [0.05, 0.1) is 24.6 Å². The number of aromatic hydroxyl groups is 1. The number of carbonyl (C=O) groups is 1. The normalized spacial score (nSPS) is 11.1. The smallest absolute Gasteiger partial charge is 0.250 e. The molecule has 7 heteroatoms. The van der Waals surface area contributed by atoms with Crippen LogP contribution in [-0.2, 0) is 4.79 Å². The van der Waals surface area contributed by atoms with E-state index in [1.165, 1.54) is 25.1 Å². The van der Waals surface area contributed by atoms with Gasteiger partial charge < -0.3 is 9.84 Å². The number of carbonyl (C=O) groups excluding carboxylic acids is 1. The van der Waals surface area contributed by atoms with Gasteiger partial charge in [-0.1, -0.05) is 24.3 Å². The molecule has 6 nitrogen and oxygen atoms in total. The number of pyridine rings is 1. The Morgan fingerprint density at radius 3 is 2.86 bits per heavy atom. The Hall–Kier alpha value is -3.06. The monoisotopic (exact) mass is 395 g/mol. The molecule has 0 aliphatic carbocycles. The fraction of sp³-hybridized carbons (Fsp3) is 0.190. The molecule has 0 radical (unpaired) electrons. The van der Waals surface area contributed by atoms with Crippen molar-refractivity contribution in [2.45, 2.75) is 18.7 Å². The summed E-state index contributed by atoms with van der Waals surface area (Å²) in [5.74, 6) is 0.305. The predicted molar refractivity (Wildman–Crippen MR) is 112 cm³/mol. The van der Waals surface area contributed by atoms with Crippen LogP contribution in [-0.4, -0.2) is 35.1 Å². The molecule has 0 saturated carbocycles. The number of hydrogen-bond acceptors (Lipinski definition) is 6. The first kappa shape index (κ1) is 19.7. The molecule has 144 valence electrons. The van der Waals surface area contributed by atoms with Crippen LogP contribution in [0.4, 0.5) is 0 Å². The second-order valence-electron chi connectivity index (χ2n) is 6.21. The van der Waals surface area contributed by atoms with Crippen LogP contribution in [0.25, 0.3) is 10.9 Å². The van der Waals surface area contributed by atoms with Crippen molar-refractivity contribution >= 4 is 34.8 Å². The van der Waals surface area contributed by atoms with Gasteiger partial charge in [0.15, 0.2) is 11.5 Å². The topological polar surface area (TPSA) is 83.8 Å². The van der Waals surface area contributed by atoms with E-state index in [-0.39, 0.29) is 17.4 Å². The third-order valence-corrected chi connectivity index (χ3v) is 5.19. The summed E-state index contributed by atoms with van der Waals surface area (Å²) in [7, 11) is 1.47. The van der Waals surface area contributed by atoms with Gasteiger partial charge in [-0.05, 0) is 37.6 Å². The number of ether oxygens (including phenoxy) is 1. The number of phenols is 1. The van der Waals surface area contributed by atoms with Crippen molar-refractivity contribution in [2.24, 2.45) is 5.10 Å².